The van der Waals surface area contributed by atoms with Crippen LogP contribution < -0.4 is 22.6 Å². The van der Waals surface area contributed by atoms with Crippen LogP contribution in [0, 0.1) is 6.92 Å². The first kappa shape index (κ1) is 35.3. The molecule has 49 heavy (non-hydrogen) atoms. The third kappa shape index (κ3) is 8.36. The van der Waals surface area contributed by atoms with Gasteiger partial charge in [-0.1, -0.05) is 35.9 Å². The number of methoxy groups -OCH3 is 2. The average molecular weight is 728 g/mol. The number of aromatic nitrogens is 1. The molecule has 0 fully saturated rings. The molecule has 0 saturated carbocycles. The summed E-state index contributed by atoms with van der Waals surface area (Å²) in [6.07, 6.45) is 3.26. The quantitative estimate of drug-likeness (QED) is 0.139. The van der Waals surface area contributed by atoms with Crippen LogP contribution in [0.3, 0.4) is 0 Å². The van der Waals surface area contributed by atoms with Crippen molar-refractivity contribution < 1.29 is 47.8 Å². The molecular weight excluding hydrogens is 695 g/mol. The highest BCUT2D eigenvalue weighted by Crippen LogP contribution is 2.43. The Morgan fingerprint density at radius 2 is 1.18 bits per heavy atom. The highest BCUT2D eigenvalue weighted by atomic mass is 32.2. The van der Waals surface area contributed by atoms with Gasteiger partial charge < -0.3 is 22.6 Å². The molecule has 1 aromatic heterocycles. The fourth-order valence-electron chi connectivity index (χ4n) is 4.96. The highest BCUT2D eigenvalue weighted by molar-refractivity contribution is 7.90. The maximum absolute atomic E-state index is 13.3. The van der Waals surface area contributed by atoms with Crippen molar-refractivity contribution in [3.8, 4) is 51.0 Å². The largest absolute Gasteiger partial charge is 0.496 e. The van der Waals surface area contributed by atoms with Crippen LogP contribution in [0.2, 0.25) is 0 Å². The molecule has 0 aliphatic heterocycles. The Labute approximate surface area is 285 Å². The molecule has 258 valence electrons. The predicted molar refractivity (Wildman–Crippen MR) is 184 cm³/mol. The maximum atomic E-state index is 13.3. The van der Waals surface area contributed by atoms with Gasteiger partial charge in [0.1, 0.15) is 23.9 Å². The first-order valence-corrected chi connectivity index (χ1v) is 19.6. The van der Waals surface area contributed by atoms with Crippen LogP contribution in [0.25, 0.3) is 22.3 Å². The fraction of sp³-hybridized carbons (Fsp3) is 0.176. The Morgan fingerprint density at radius 1 is 0.612 bits per heavy atom. The van der Waals surface area contributed by atoms with Gasteiger partial charge in [0, 0.05) is 17.3 Å². The molecule has 0 N–H and O–H groups in total. The van der Waals surface area contributed by atoms with Crippen LogP contribution in [-0.4, -0.2) is 56.0 Å². The molecule has 0 atom stereocenters. The Hall–Kier alpha value is -4.99. The average Bonchev–Trinajstić information content (AvgIpc) is 3.52. The third-order valence-electron chi connectivity index (χ3n) is 7.18. The summed E-state index contributed by atoms with van der Waals surface area (Å²) in [5, 5.41) is 0. The molecular formula is C34H33NO11S3. The van der Waals surface area contributed by atoms with E-state index in [1.165, 1.54) is 56.8 Å². The zero-order chi connectivity index (χ0) is 35.6. The minimum atomic E-state index is -4.01. The molecule has 0 aliphatic carbocycles. The van der Waals surface area contributed by atoms with E-state index in [4.69, 9.17) is 22.6 Å². The standard InChI is InChI=1S/C34H33NO11S3/c1-23-8-15-28(16-9-23)49(40,41)35-18-6-7-26(35)22-44-31-17-12-25(19-34(31)46-48(5,38)39)30-21-32(42-2)29(20-33(30)43-3)24-10-13-27(14-11-24)45-47(4,36)37/h6-21H,22H2,1-5H3. The van der Waals surface area contributed by atoms with Gasteiger partial charge in [-0.25, -0.2) is 12.4 Å². The number of hydrogen-bond acceptors (Lipinski definition) is 11. The van der Waals surface area contributed by atoms with Gasteiger partial charge in [-0.15, -0.1) is 0 Å². The Balaban J connectivity index is 1.48. The van der Waals surface area contributed by atoms with Crippen molar-refractivity contribution in [2.75, 3.05) is 26.7 Å². The summed E-state index contributed by atoms with van der Waals surface area (Å²) < 4.78 is 103. The van der Waals surface area contributed by atoms with Crippen LogP contribution in [-0.2, 0) is 36.9 Å². The second kappa shape index (κ2) is 13.9. The van der Waals surface area contributed by atoms with Crippen molar-refractivity contribution in [3.63, 3.8) is 0 Å². The molecule has 4 aromatic carbocycles. The van der Waals surface area contributed by atoms with E-state index in [0.717, 1.165) is 22.0 Å². The third-order valence-corrected chi connectivity index (χ3v) is 9.90. The zero-order valence-corrected chi connectivity index (χ0v) is 29.6. The molecule has 5 aromatic rings. The first-order chi connectivity index (χ1) is 23.1. The van der Waals surface area contributed by atoms with Gasteiger partial charge >= 0.3 is 20.2 Å². The molecule has 0 amide bonds. The normalized spacial score (nSPS) is 11.9. The van der Waals surface area contributed by atoms with Crippen molar-refractivity contribution in [1.29, 1.82) is 0 Å². The topological polar surface area (TPSA) is 154 Å². The summed E-state index contributed by atoms with van der Waals surface area (Å²) in [4.78, 5) is 0.106. The lowest BCUT2D eigenvalue weighted by Gasteiger charge is -2.18. The molecule has 12 nitrogen and oxygen atoms in total. The molecule has 0 unspecified atom stereocenters. The Bertz CT molecular complexity index is 2310. The maximum Gasteiger partial charge on any atom is 0.306 e. The number of aryl methyl sites for hydroxylation is 1. The van der Waals surface area contributed by atoms with Crippen LogP contribution in [0.15, 0.2) is 102 Å². The minimum Gasteiger partial charge on any atom is -0.496 e. The van der Waals surface area contributed by atoms with E-state index >= 15 is 0 Å². The lowest BCUT2D eigenvalue weighted by Crippen LogP contribution is -2.16. The van der Waals surface area contributed by atoms with Gasteiger partial charge in [-0.3, -0.25) is 0 Å². The van der Waals surface area contributed by atoms with Gasteiger partial charge in [0.2, 0.25) is 0 Å². The van der Waals surface area contributed by atoms with Crippen LogP contribution in [0.5, 0.6) is 28.7 Å². The van der Waals surface area contributed by atoms with E-state index < -0.39 is 30.3 Å². The van der Waals surface area contributed by atoms with Crippen molar-refractivity contribution in [1.82, 2.24) is 3.97 Å². The molecule has 0 aliphatic rings. The molecule has 0 bridgehead atoms. The van der Waals surface area contributed by atoms with Gasteiger partial charge in [-0.05, 0) is 78.7 Å². The number of hydrogen-bond donors (Lipinski definition) is 0. The Morgan fingerprint density at radius 3 is 1.76 bits per heavy atom. The molecule has 0 radical (unpaired) electrons. The highest BCUT2D eigenvalue weighted by Gasteiger charge is 2.22. The second-order valence-corrected chi connectivity index (χ2v) is 15.9. The van der Waals surface area contributed by atoms with Crippen molar-refractivity contribution in [3.05, 3.63) is 108 Å². The first-order valence-electron chi connectivity index (χ1n) is 14.5. The SMILES string of the molecule is COc1cc(-c2ccc(OCc3cccn3S(=O)(=O)c3ccc(C)cc3)c(OS(C)(=O)=O)c2)c(OC)cc1-c1ccc(OS(C)(=O)=O)cc1. The van der Waals surface area contributed by atoms with Crippen LogP contribution in [0.4, 0.5) is 0 Å². The second-order valence-electron chi connectivity index (χ2n) is 10.9. The van der Waals surface area contributed by atoms with E-state index in [0.29, 0.717) is 39.4 Å². The minimum absolute atomic E-state index is 0.0496. The fourth-order valence-corrected chi connectivity index (χ4v) is 7.24. The van der Waals surface area contributed by atoms with Gasteiger partial charge in [-0.2, -0.15) is 16.8 Å². The summed E-state index contributed by atoms with van der Waals surface area (Å²) in [6, 6.07) is 24.1. The van der Waals surface area contributed by atoms with Gasteiger partial charge in [0.25, 0.3) is 10.0 Å². The number of nitrogens with zero attached hydrogens (tertiary/aromatic N) is 1. The molecule has 1 heterocycles. The number of benzene rings is 4. The van der Waals surface area contributed by atoms with E-state index in [-0.39, 0.29) is 28.8 Å². The summed E-state index contributed by atoms with van der Waals surface area (Å²) >= 11 is 0. The van der Waals surface area contributed by atoms with Crippen LogP contribution >= 0.6 is 0 Å². The predicted octanol–water partition coefficient (Wildman–Crippen LogP) is 5.64. The summed E-state index contributed by atoms with van der Waals surface area (Å²) in [7, 11) is -8.67. The summed E-state index contributed by atoms with van der Waals surface area (Å²) in [5.41, 5.74) is 3.55. The smallest absolute Gasteiger partial charge is 0.306 e. The number of rotatable bonds is 13. The summed E-state index contributed by atoms with van der Waals surface area (Å²) in [5.74, 6) is 0.912. The molecule has 0 spiro atoms. The zero-order valence-electron chi connectivity index (χ0n) is 27.1. The Kier molecular flexibility index (Phi) is 9.99. The van der Waals surface area contributed by atoms with Crippen molar-refractivity contribution in [2.45, 2.75) is 18.4 Å². The lowest BCUT2D eigenvalue weighted by atomic mass is 9.97. The van der Waals surface area contributed by atoms with E-state index in [2.05, 4.69) is 0 Å². The van der Waals surface area contributed by atoms with Gasteiger partial charge in [0.05, 0.1) is 37.3 Å². The monoisotopic (exact) mass is 727 g/mol. The van der Waals surface area contributed by atoms with Crippen LogP contribution in [0.1, 0.15) is 11.3 Å². The lowest BCUT2D eigenvalue weighted by molar-refractivity contribution is 0.291. The van der Waals surface area contributed by atoms with Crippen molar-refractivity contribution in [2.24, 2.45) is 0 Å². The van der Waals surface area contributed by atoms with E-state index in [1.807, 2.05) is 6.92 Å². The molecule has 0 saturated heterocycles. The summed E-state index contributed by atoms with van der Waals surface area (Å²) in [6.45, 7) is 1.63. The van der Waals surface area contributed by atoms with E-state index in [1.54, 1.807) is 54.6 Å². The van der Waals surface area contributed by atoms with E-state index in [9.17, 15) is 25.3 Å². The molecule has 15 heteroatoms. The van der Waals surface area contributed by atoms with Gasteiger partial charge in [0.15, 0.2) is 11.5 Å². The number of ether oxygens (including phenoxy) is 3. The van der Waals surface area contributed by atoms with Crippen molar-refractivity contribution >= 4 is 30.3 Å². The molecule has 5 rings (SSSR count).